The molecule has 0 bridgehead atoms. The average molecular weight is 225 g/mol. The summed E-state index contributed by atoms with van der Waals surface area (Å²) in [4.78, 5) is 0. The van der Waals surface area contributed by atoms with Gasteiger partial charge in [0.15, 0.2) is 0 Å². The average Bonchev–Trinajstić information content (AvgIpc) is 2.94. The fraction of sp³-hybridized carbons (Fsp3) is 1.00. The van der Waals surface area contributed by atoms with E-state index in [9.17, 15) is 0 Å². The quantitative estimate of drug-likeness (QED) is 0.793. The van der Waals surface area contributed by atoms with Gasteiger partial charge in [0, 0.05) is 18.1 Å². The minimum atomic E-state index is 0.375. The first-order chi connectivity index (χ1) is 7.85. The van der Waals surface area contributed by atoms with Crippen molar-refractivity contribution in [2.45, 2.75) is 56.8 Å². The van der Waals surface area contributed by atoms with Crippen molar-refractivity contribution in [2.75, 3.05) is 20.3 Å². The largest absolute Gasteiger partial charge is 0.379 e. The van der Waals surface area contributed by atoms with E-state index in [2.05, 4.69) is 12.4 Å². The molecule has 16 heavy (non-hydrogen) atoms. The van der Waals surface area contributed by atoms with E-state index in [0.717, 1.165) is 19.6 Å². The van der Waals surface area contributed by atoms with Crippen molar-refractivity contribution < 1.29 is 9.47 Å². The Balaban J connectivity index is 1.62. The summed E-state index contributed by atoms with van der Waals surface area (Å²) >= 11 is 0. The van der Waals surface area contributed by atoms with Crippen LogP contribution in [0, 0.1) is 5.41 Å². The topological polar surface area (TPSA) is 30.5 Å². The molecule has 3 rings (SSSR count). The van der Waals surface area contributed by atoms with Gasteiger partial charge in [0.1, 0.15) is 0 Å². The van der Waals surface area contributed by atoms with E-state index < -0.39 is 0 Å². The van der Waals surface area contributed by atoms with Crippen LogP contribution < -0.4 is 5.32 Å². The van der Waals surface area contributed by atoms with Gasteiger partial charge in [-0.05, 0) is 32.7 Å². The summed E-state index contributed by atoms with van der Waals surface area (Å²) in [6.07, 6.45) is 8.66. The van der Waals surface area contributed by atoms with E-state index in [0.29, 0.717) is 23.7 Å². The van der Waals surface area contributed by atoms with Crippen molar-refractivity contribution >= 4 is 0 Å². The van der Waals surface area contributed by atoms with E-state index in [1.807, 2.05) is 0 Å². The van der Waals surface area contributed by atoms with Gasteiger partial charge < -0.3 is 14.8 Å². The third-order valence-electron chi connectivity index (χ3n) is 4.91. The Morgan fingerprint density at radius 2 is 2.12 bits per heavy atom. The summed E-state index contributed by atoms with van der Waals surface area (Å²) in [6, 6.07) is 0.697. The monoisotopic (exact) mass is 225 g/mol. The van der Waals surface area contributed by atoms with Crippen LogP contribution in [0.25, 0.3) is 0 Å². The lowest BCUT2D eigenvalue weighted by atomic mass is 9.60. The normalized spacial score (nSPS) is 41.4. The molecule has 1 saturated heterocycles. The second kappa shape index (κ2) is 4.28. The molecule has 3 aliphatic rings. The zero-order chi connectivity index (χ0) is 11.0. The second-order valence-corrected chi connectivity index (χ2v) is 5.63. The molecule has 0 aromatic rings. The van der Waals surface area contributed by atoms with Crippen LogP contribution in [0.4, 0.5) is 0 Å². The Bertz CT molecular complexity index is 244. The fourth-order valence-corrected chi connectivity index (χ4v) is 3.90. The Kier molecular flexibility index (Phi) is 2.94. The lowest BCUT2D eigenvalue weighted by molar-refractivity contribution is -0.158. The summed E-state index contributed by atoms with van der Waals surface area (Å²) in [6.45, 7) is 1.71. The fourth-order valence-electron chi connectivity index (χ4n) is 3.90. The highest BCUT2D eigenvalue weighted by molar-refractivity contribution is 5.09. The smallest absolute Gasteiger partial charge is 0.0834 e. The molecule has 92 valence electrons. The second-order valence-electron chi connectivity index (χ2n) is 5.63. The summed E-state index contributed by atoms with van der Waals surface area (Å²) in [5.41, 5.74) is 0.470. The Morgan fingerprint density at radius 3 is 2.75 bits per heavy atom. The van der Waals surface area contributed by atoms with Crippen molar-refractivity contribution in [1.29, 1.82) is 0 Å². The lowest BCUT2D eigenvalue weighted by Gasteiger charge is -2.54. The van der Waals surface area contributed by atoms with Gasteiger partial charge in [-0.25, -0.2) is 0 Å². The molecule has 2 aliphatic carbocycles. The lowest BCUT2D eigenvalue weighted by Crippen LogP contribution is -2.62. The van der Waals surface area contributed by atoms with Gasteiger partial charge in [-0.15, -0.1) is 0 Å². The third kappa shape index (κ3) is 1.60. The number of nitrogens with one attached hydrogen (secondary N) is 1. The molecule has 3 nitrogen and oxygen atoms in total. The number of ether oxygens (including phenoxy) is 2. The molecule has 3 heteroatoms. The van der Waals surface area contributed by atoms with Crippen LogP contribution in [0.15, 0.2) is 0 Å². The highest BCUT2D eigenvalue weighted by Gasteiger charge is 2.56. The number of hydrogen-bond acceptors (Lipinski definition) is 3. The van der Waals surface area contributed by atoms with Crippen molar-refractivity contribution in [3.8, 4) is 0 Å². The van der Waals surface area contributed by atoms with Crippen LogP contribution in [-0.2, 0) is 9.47 Å². The Labute approximate surface area is 97.9 Å². The van der Waals surface area contributed by atoms with Gasteiger partial charge in [0.2, 0.25) is 0 Å². The van der Waals surface area contributed by atoms with Gasteiger partial charge in [-0.2, -0.15) is 0 Å². The molecule has 1 spiro atoms. The Hall–Kier alpha value is -0.120. The van der Waals surface area contributed by atoms with Gasteiger partial charge in [-0.3, -0.25) is 0 Å². The maximum absolute atomic E-state index is 6.25. The van der Waals surface area contributed by atoms with Crippen molar-refractivity contribution in [3.63, 3.8) is 0 Å². The first-order valence-electron chi connectivity index (χ1n) is 6.75. The zero-order valence-electron chi connectivity index (χ0n) is 10.2. The molecule has 3 fully saturated rings. The standard InChI is InChI=1S/C13H23NO2/c1-14-11-8-12(13(11)5-2-3-6-13)16-10-4-7-15-9-10/h10-12,14H,2-9H2,1H3. The first-order valence-corrected chi connectivity index (χ1v) is 6.75. The number of hydrogen-bond donors (Lipinski definition) is 1. The molecule has 0 amide bonds. The van der Waals surface area contributed by atoms with Crippen LogP contribution in [0.3, 0.4) is 0 Å². The zero-order valence-corrected chi connectivity index (χ0v) is 10.2. The maximum Gasteiger partial charge on any atom is 0.0834 e. The minimum absolute atomic E-state index is 0.375. The maximum atomic E-state index is 6.25. The molecule has 1 heterocycles. The van der Waals surface area contributed by atoms with Crippen LogP contribution in [0.5, 0.6) is 0 Å². The van der Waals surface area contributed by atoms with Crippen LogP contribution in [-0.4, -0.2) is 38.5 Å². The summed E-state index contributed by atoms with van der Waals surface area (Å²) in [7, 11) is 2.10. The minimum Gasteiger partial charge on any atom is -0.379 e. The SMILES string of the molecule is CNC1CC(OC2CCOC2)C12CCCC2. The van der Waals surface area contributed by atoms with E-state index in [1.54, 1.807) is 0 Å². The highest BCUT2D eigenvalue weighted by atomic mass is 16.6. The van der Waals surface area contributed by atoms with Gasteiger partial charge in [0.25, 0.3) is 0 Å². The van der Waals surface area contributed by atoms with Crippen molar-refractivity contribution in [2.24, 2.45) is 5.41 Å². The molecular formula is C13H23NO2. The number of rotatable bonds is 3. The molecule has 1 aliphatic heterocycles. The van der Waals surface area contributed by atoms with Crippen molar-refractivity contribution in [1.82, 2.24) is 5.32 Å². The molecule has 0 aromatic carbocycles. The van der Waals surface area contributed by atoms with Crippen LogP contribution in [0.1, 0.15) is 38.5 Å². The predicted octanol–water partition coefficient (Wildman–Crippen LogP) is 1.71. The van der Waals surface area contributed by atoms with Crippen LogP contribution in [0.2, 0.25) is 0 Å². The predicted molar refractivity (Wildman–Crippen MR) is 62.5 cm³/mol. The third-order valence-corrected chi connectivity index (χ3v) is 4.91. The Morgan fingerprint density at radius 1 is 1.31 bits per heavy atom. The molecule has 3 unspecified atom stereocenters. The first kappa shape index (κ1) is 11.0. The van der Waals surface area contributed by atoms with E-state index in [-0.39, 0.29) is 0 Å². The van der Waals surface area contributed by atoms with E-state index >= 15 is 0 Å². The summed E-state index contributed by atoms with van der Waals surface area (Å²) < 4.78 is 11.6. The van der Waals surface area contributed by atoms with Crippen LogP contribution >= 0.6 is 0 Å². The highest BCUT2D eigenvalue weighted by Crippen LogP contribution is 2.55. The van der Waals surface area contributed by atoms with E-state index in [4.69, 9.17) is 9.47 Å². The molecule has 0 aromatic heterocycles. The summed E-state index contributed by atoms with van der Waals surface area (Å²) in [5.74, 6) is 0. The molecule has 0 radical (unpaired) electrons. The molecule has 3 atom stereocenters. The van der Waals surface area contributed by atoms with Gasteiger partial charge >= 0.3 is 0 Å². The van der Waals surface area contributed by atoms with Gasteiger partial charge in [-0.1, -0.05) is 12.8 Å². The summed E-state index contributed by atoms with van der Waals surface area (Å²) in [5, 5.41) is 3.48. The molecular weight excluding hydrogens is 202 g/mol. The molecule has 2 saturated carbocycles. The van der Waals surface area contributed by atoms with Crippen molar-refractivity contribution in [3.05, 3.63) is 0 Å². The van der Waals surface area contributed by atoms with Gasteiger partial charge in [0.05, 0.1) is 18.8 Å². The molecule has 1 N–H and O–H groups in total. The van der Waals surface area contributed by atoms with E-state index in [1.165, 1.54) is 32.1 Å².